The Hall–Kier alpha value is -3.12. The zero-order valence-corrected chi connectivity index (χ0v) is 14.8. The van der Waals surface area contributed by atoms with E-state index in [1.807, 2.05) is 12.1 Å². The first-order chi connectivity index (χ1) is 12.0. The summed E-state index contributed by atoms with van der Waals surface area (Å²) in [7, 11) is 2.06. The van der Waals surface area contributed by atoms with E-state index in [-0.39, 0.29) is 0 Å². The van der Waals surface area contributed by atoms with E-state index >= 15 is 0 Å². The van der Waals surface area contributed by atoms with Crippen LogP contribution in [-0.4, -0.2) is 0 Å². The molecule has 0 aliphatic rings. The van der Waals surface area contributed by atoms with E-state index in [0.717, 1.165) is 33.2 Å². The lowest BCUT2D eigenvalue weighted by Gasteiger charge is -2.07. The molecule has 2 aromatic carbocycles. The van der Waals surface area contributed by atoms with Gasteiger partial charge < -0.3 is 4.42 Å². The first-order valence-electron chi connectivity index (χ1n) is 8.33. The number of hydrogen-bond acceptors (Lipinski definition) is 2. The molecule has 122 valence electrons. The first kappa shape index (κ1) is 15.4. The molecule has 3 nitrogen and oxygen atoms in total. The molecule has 0 radical (unpaired) electrons. The average Bonchev–Trinajstić information content (AvgIpc) is 2.97. The predicted molar refractivity (Wildman–Crippen MR) is 99.3 cm³/mol. The van der Waals surface area contributed by atoms with E-state index < -0.39 is 0 Å². The maximum Gasteiger partial charge on any atom is 0.216 e. The number of para-hydroxylation sites is 1. The number of fused-ring (bicyclic) bond motifs is 3. The molecule has 0 N–H and O–H groups in total. The lowest BCUT2D eigenvalue weighted by molar-refractivity contribution is -0.660. The Bertz CT molecular complexity index is 1190. The molecule has 0 bridgehead atoms. The van der Waals surface area contributed by atoms with Crippen LogP contribution in [0.2, 0.25) is 0 Å². The van der Waals surface area contributed by atoms with Crippen LogP contribution in [0.5, 0.6) is 0 Å². The fourth-order valence-corrected chi connectivity index (χ4v) is 3.50. The summed E-state index contributed by atoms with van der Waals surface area (Å²) in [4.78, 5) is 0. The number of nitrogens with zero attached hydrogens (tertiary/aromatic N) is 2. The summed E-state index contributed by atoms with van der Waals surface area (Å²) in [6, 6.07) is 14.4. The minimum atomic E-state index is 0.571. The third-order valence-electron chi connectivity index (χ3n) is 4.99. The van der Waals surface area contributed by atoms with Crippen LogP contribution >= 0.6 is 0 Å². The van der Waals surface area contributed by atoms with Gasteiger partial charge in [0.25, 0.3) is 0 Å². The zero-order chi connectivity index (χ0) is 17.7. The molecule has 4 aromatic rings. The second kappa shape index (κ2) is 5.46. The van der Waals surface area contributed by atoms with Crippen LogP contribution in [0.4, 0.5) is 0 Å². The summed E-state index contributed by atoms with van der Waals surface area (Å²) in [5.41, 5.74) is 7.94. The predicted octanol–water partition coefficient (Wildman–Crippen LogP) is 4.87. The summed E-state index contributed by atoms with van der Waals surface area (Å²) < 4.78 is 8.37. The lowest BCUT2D eigenvalue weighted by Crippen LogP contribution is -2.31. The first-order valence-corrected chi connectivity index (χ1v) is 8.33. The van der Waals surface area contributed by atoms with Gasteiger partial charge >= 0.3 is 0 Å². The van der Waals surface area contributed by atoms with Gasteiger partial charge in [0, 0.05) is 22.4 Å². The molecule has 3 heteroatoms. The molecule has 0 atom stereocenters. The molecule has 4 rings (SSSR count). The summed E-state index contributed by atoms with van der Waals surface area (Å²) in [5.74, 6) is 0. The van der Waals surface area contributed by atoms with Crippen molar-refractivity contribution in [2.24, 2.45) is 7.05 Å². The van der Waals surface area contributed by atoms with Gasteiger partial charge in [0.05, 0.1) is 11.1 Å². The van der Waals surface area contributed by atoms with Crippen LogP contribution < -0.4 is 4.57 Å². The second-order valence-corrected chi connectivity index (χ2v) is 6.67. The van der Waals surface area contributed by atoms with Crippen molar-refractivity contribution in [2.45, 2.75) is 20.8 Å². The van der Waals surface area contributed by atoms with Gasteiger partial charge in [-0.2, -0.15) is 5.26 Å². The van der Waals surface area contributed by atoms with Crippen molar-refractivity contribution < 1.29 is 8.98 Å². The normalized spacial score (nSPS) is 11.2. The Balaban J connectivity index is 2.17. The molecule has 0 fully saturated rings. The lowest BCUT2D eigenvalue weighted by atomic mass is 9.99. The standard InChI is InChI=1S/C22H19N2O/c1-13-8-9-18-17-7-5-6-16(11-23)21(17)25-22(18)20(13)19-10-14(2)15(3)12-24(19)4/h5-10,12H,1-4H3/q+1. The SMILES string of the molecule is Cc1cc(-c2c(C)ccc3c2oc2c(C#N)cccc23)[n+](C)cc1C. The van der Waals surface area contributed by atoms with Crippen LogP contribution in [0.25, 0.3) is 33.2 Å². The Labute approximate surface area is 146 Å². The zero-order valence-electron chi connectivity index (χ0n) is 14.8. The van der Waals surface area contributed by atoms with Gasteiger partial charge in [-0.05, 0) is 38.0 Å². The third kappa shape index (κ3) is 2.22. The second-order valence-electron chi connectivity index (χ2n) is 6.67. The largest absolute Gasteiger partial charge is 0.454 e. The number of aromatic nitrogens is 1. The molecule has 0 unspecified atom stereocenters. The van der Waals surface area contributed by atoms with Crippen molar-refractivity contribution in [3.8, 4) is 17.3 Å². The number of aryl methyl sites for hydroxylation is 4. The van der Waals surface area contributed by atoms with E-state index in [1.54, 1.807) is 6.07 Å². The van der Waals surface area contributed by atoms with Gasteiger partial charge in [0.1, 0.15) is 18.7 Å². The molecular formula is C22H19N2O+. The molecule has 2 heterocycles. The quantitative estimate of drug-likeness (QED) is 0.468. The third-order valence-corrected chi connectivity index (χ3v) is 4.99. The Kier molecular flexibility index (Phi) is 3.36. The molecule has 25 heavy (non-hydrogen) atoms. The highest BCUT2D eigenvalue weighted by atomic mass is 16.3. The summed E-state index contributed by atoms with van der Waals surface area (Å²) in [6.45, 7) is 6.34. The molecule has 0 spiro atoms. The van der Waals surface area contributed by atoms with E-state index in [2.05, 4.69) is 62.9 Å². The van der Waals surface area contributed by atoms with Crippen molar-refractivity contribution in [3.05, 3.63) is 64.8 Å². The number of furan rings is 1. The monoisotopic (exact) mass is 327 g/mol. The highest BCUT2D eigenvalue weighted by Crippen LogP contribution is 2.38. The molecule has 0 saturated heterocycles. The van der Waals surface area contributed by atoms with E-state index in [0.29, 0.717) is 11.1 Å². The summed E-state index contributed by atoms with van der Waals surface area (Å²) in [6.07, 6.45) is 2.15. The number of hydrogen-bond donors (Lipinski definition) is 0. The number of pyridine rings is 1. The maximum absolute atomic E-state index is 9.40. The van der Waals surface area contributed by atoms with Gasteiger partial charge in [-0.3, -0.25) is 0 Å². The Morgan fingerprint density at radius 3 is 2.44 bits per heavy atom. The van der Waals surface area contributed by atoms with E-state index in [1.165, 1.54) is 11.1 Å². The molecule has 2 aromatic heterocycles. The van der Waals surface area contributed by atoms with Crippen molar-refractivity contribution in [1.82, 2.24) is 0 Å². The van der Waals surface area contributed by atoms with Gasteiger partial charge in [-0.15, -0.1) is 0 Å². The van der Waals surface area contributed by atoms with Crippen LogP contribution in [0.3, 0.4) is 0 Å². The molecule has 0 aliphatic carbocycles. The van der Waals surface area contributed by atoms with Gasteiger partial charge in [-0.1, -0.05) is 24.3 Å². The van der Waals surface area contributed by atoms with Crippen molar-refractivity contribution in [2.75, 3.05) is 0 Å². The highest BCUT2D eigenvalue weighted by molar-refractivity contribution is 6.10. The van der Waals surface area contributed by atoms with Crippen LogP contribution in [0.1, 0.15) is 22.3 Å². The minimum Gasteiger partial charge on any atom is -0.454 e. The van der Waals surface area contributed by atoms with Crippen LogP contribution in [0, 0.1) is 32.1 Å². The topological polar surface area (TPSA) is 40.8 Å². The molecule has 0 amide bonds. The summed E-state index contributed by atoms with van der Waals surface area (Å²) >= 11 is 0. The molecular weight excluding hydrogens is 308 g/mol. The number of rotatable bonds is 1. The Morgan fingerprint density at radius 1 is 0.920 bits per heavy atom. The molecule has 0 aliphatic heterocycles. The average molecular weight is 327 g/mol. The van der Waals surface area contributed by atoms with Crippen molar-refractivity contribution in [3.63, 3.8) is 0 Å². The van der Waals surface area contributed by atoms with Gasteiger partial charge in [0.15, 0.2) is 11.8 Å². The van der Waals surface area contributed by atoms with E-state index in [9.17, 15) is 5.26 Å². The van der Waals surface area contributed by atoms with Gasteiger partial charge in [0.2, 0.25) is 5.69 Å². The minimum absolute atomic E-state index is 0.571. The fraction of sp³-hybridized carbons (Fsp3) is 0.182. The molecule has 0 saturated carbocycles. The maximum atomic E-state index is 9.40. The van der Waals surface area contributed by atoms with Crippen LogP contribution in [0.15, 0.2) is 47.0 Å². The summed E-state index contributed by atoms with van der Waals surface area (Å²) in [5, 5.41) is 11.4. The number of benzene rings is 2. The van der Waals surface area contributed by atoms with E-state index in [4.69, 9.17) is 4.42 Å². The van der Waals surface area contributed by atoms with Crippen molar-refractivity contribution in [1.29, 1.82) is 5.26 Å². The fourth-order valence-electron chi connectivity index (χ4n) is 3.50. The highest BCUT2D eigenvalue weighted by Gasteiger charge is 2.22. The van der Waals surface area contributed by atoms with Crippen LogP contribution in [-0.2, 0) is 7.05 Å². The Morgan fingerprint density at radius 2 is 1.68 bits per heavy atom. The smallest absolute Gasteiger partial charge is 0.216 e. The van der Waals surface area contributed by atoms with Gasteiger partial charge in [-0.25, -0.2) is 4.57 Å². The van der Waals surface area contributed by atoms with Crippen molar-refractivity contribution >= 4 is 21.9 Å². The number of nitriles is 1.